The van der Waals surface area contributed by atoms with Gasteiger partial charge in [-0.3, -0.25) is 4.79 Å². The van der Waals surface area contributed by atoms with Crippen molar-refractivity contribution in [3.05, 3.63) is 10.4 Å². The molecule has 18 heavy (non-hydrogen) atoms. The number of hydrogen-bond donors (Lipinski definition) is 2. The molecule has 0 spiro atoms. The van der Waals surface area contributed by atoms with Crippen molar-refractivity contribution in [3.8, 4) is 6.07 Å². The monoisotopic (exact) mass is 267 g/mol. The Labute approximate surface area is 111 Å². The molecule has 0 aliphatic carbocycles. The van der Waals surface area contributed by atoms with E-state index in [4.69, 9.17) is 15.7 Å². The van der Waals surface area contributed by atoms with Crippen molar-refractivity contribution in [1.29, 1.82) is 5.26 Å². The van der Waals surface area contributed by atoms with Crippen LogP contribution in [0, 0.1) is 17.2 Å². The van der Waals surface area contributed by atoms with Crippen LogP contribution >= 0.6 is 11.3 Å². The zero-order valence-corrected chi connectivity index (χ0v) is 11.6. The Morgan fingerprint density at radius 2 is 2.28 bits per heavy atom. The van der Waals surface area contributed by atoms with E-state index in [0.717, 1.165) is 0 Å². The number of nitrogens with one attached hydrogen (secondary N) is 1. The minimum atomic E-state index is -0.135. The highest BCUT2D eigenvalue weighted by Gasteiger charge is 2.22. The van der Waals surface area contributed by atoms with Crippen molar-refractivity contribution >= 4 is 27.8 Å². The van der Waals surface area contributed by atoms with Crippen LogP contribution in [-0.2, 0) is 4.74 Å². The molecule has 3 N–H and O–H groups in total. The van der Waals surface area contributed by atoms with E-state index in [-0.39, 0.29) is 17.4 Å². The quantitative estimate of drug-likeness (QED) is 0.608. The highest BCUT2D eigenvalue weighted by atomic mass is 32.1. The molecule has 1 rings (SSSR count). The molecule has 0 saturated carbocycles. The molecule has 0 aliphatic heterocycles. The van der Waals surface area contributed by atoms with Crippen LogP contribution in [0.15, 0.2) is 0 Å². The number of ketones is 1. The minimum absolute atomic E-state index is 0.0335. The lowest BCUT2D eigenvalue weighted by Gasteiger charge is -2.02. The van der Waals surface area contributed by atoms with Gasteiger partial charge in [-0.1, -0.05) is 13.8 Å². The van der Waals surface area contributed by atoms with Crippen molar-refractivity contribution < 1.29 is 9.53 Å². The van der Waals surface area contributed by atoms with E-state index in [1.807, 2.05) is 19.9 Å². The second-order valence-electron chi connectivity index (χ2n) is 4.10. The Morgan fingerprint density at radius 1 is 1.61 bits per heavy atom. The van der Waals surface area contributed by atoms with Crippen molar-refractivity contribution in [2.24, 2.45) is 5.92 Å². The highest BCUT2D eigenvalue weighted by molar-refractivity contribution is 7.19. The molecule has 0 bridgehead atoms. The van der Waals surface area contributed by atoms with Gasteiger partial charge in [0.2, 0.25) is 0 Å². The van der Waals surface area contributed by atoms with Gasteiger partial charge in [-0.2, -0.15) is 5.26 Å². The van der Waals surface area contributed by atoms with E-state index >= 15 is 0 Å². The number of carbonyl (C=O) groups is 1. The number of methoxy groups -OCH3 is 1. The largest absolute Gasteiger partial charge is 0.396 e. The van der Waals surface area contributed by atoms with Gasteiger partial charge in [-0.05, 0) is 0 Å². The number of nitriles is 1. The van der Waals surface area contributed by atoms with Crippen LogP contribution in [0.2, 0.25) is 0 Å². The maximum Gasteiger partial charge on any atom is 0.177 e. The maximum atomic E-state index is 11.9. The van der Waals surface area contributed by atoms with E-state index in [9.17, 15) is 4.79 Å². The summed E-state index contributed by atoms with van der Waals surface area (Å²) >= 11 is 1.23. The summed E-state index contributed by atoms with van der Waals surface area (Å²) in [6.07, 6.45) is 0. The van der Waals surface area contributed by atoms with E-state index in [0.29, 0.717) is 28.6 Å². The van der Waals surface area contributed by atoms with E-state index in [1.54, 1.807) is 7.11 Å². The highest BCUT2D eigenvalue weighted by Crippen LogP contribution is 2.36. The van der Waals surface area contributed by atoms with Crippen molar-refractivity contribution in [1.82, 2.24) is 0 Å². The Morgan fingerprint density at radius 3 is 2.78 bits per heavy atom. The Balaban J connectivity index is 3.02. The number of carbonyl (C=O) groups excluding carboxylic acids is 1. The number of nitrogens with two attached hydrogens (primary N) is 1. The topological polar surface area (TPSA) is 88.1 Å². The van der Waals surface area contributed by atoms with Crippen LogP contribution in [0.3, 0.4) is 0 Å². The zero-order valence-electron chi connectivity index (χ0n) is 10.7. The summed E-state index contributed by atoms with van der Waals surface area (Å²) in [5.74, 6) is -0.168. The Bertz CT molecular complexity index is 474. The number of nitrogens with zero attached hydrogens (tertiary/aromatic N) is 1. The number of nitrogen functional groups attached to an aromatic ring is 1. The fraction of sp³-hybridized carbons (Fsp3) is 0.500. The lowest BCUT2D eigenvalue weighted by Crippen LogP contribution is -2.07. The summed E-state index contributed by atoms with van der Waals surface area (Å²) in [4.78, 5) is 12.4. The molecule has 0 aromatic carbocycles. The average Bonchev–Trinajstić information content (AvgIpc) is 2.65. The van der Waals surface area contributed by atoms with Gasteiger partial charge < -0.3 is 15.8 Å². The molecule has 0 saturated heterocycles. The van der Waals surface area contributed by atoms with Crippen LogP contribution in [0.1, 0.15) is 29.1 Å². The van der Waals surface area contributed by atoms with Crippen molar-refractivity contribution in [3.63, 3.8) is 0 Å². The zero-order chi connectivity index (χ0) is 13.7. The first kappa shape index (κ1) is 14.5. The van der Waals surface area contributed by atoms with Crippen LogP contribution in [0.4, 0.5) is 10.7 Å². The number of ether oxygens (including phenoxy) is 1. The Kier molecular flexibility index (Phi) is 5.13. The normalized spacial score (nSPS) is 10.4. The maximum absolute atomic E-state index is 11.9. The standard InChI is InChI=1S/C12H17N3O2S/c1-7(2)10(16)11-9(14)8(6-13)12(18-11)15-4-5-17-3/h7,15H,4-5,14H2,1-3H3. The van der Waals surface area contributed by atoms with Crippen LogP contribution in [-0.4, -0.2) is 26.0 Å². The summed E-state index contributed by atoms with van der Waals surface area (Å²) in [5, 5.41) is 12.8. The van der Waals surface area contributed by atoms with Crippen LogP contribution in [0.25, 0.3) is 0 Å². The molecule has 0 unspecified atom stereocenters. The van der Waals surface area contributed by atoms with Gasteiger partial charge in [0, 0.05) is 19.6 Å². The minimum Gasteiger partial charge on any atom is -0.396 e. The fourth-order valence-electron chi connectivity index (χ4n) is 1.39. The summed E-state index contributed by atoms with van der Waals surface area (Å²) in [5.41, 5.74) is 6.48. The lowest BCUT2D eigenvalue weighted by molar-refractivity contribution is 0.0944. The number of anilines is 2. The summed E-state index contributed by atoms with van der Waals surface area (Å²) < 4.78 is 4.92. The SMILES string of the molecule is COCCNc1sc(C(=O)C(C)C)c(N)c1C#N. The van der Waals surface area contributed by atoms with Crippen molar-refractivity contribution in [2.45, 2.75) is 13.8 Å². The fourth-order valence-corrected chi connectivity index (χ4v) is 2.58. The first-order valence-electron chi connectivity index (χ1n) is 5.62. The predicted molar refractivity (Wildman–Crippen MR) is 73.0 cm³/mol. The molecule has 98 valence electrons. The molecular weight excluding hydrogens is 250 g/mol. The molecule has 1 aromatic rings. The Hall–Kier alpha value is -1.58. The average molecular weight is 267 g/mol. The summed E-state index contributed by atoms with van der Waals surface area (Å²) in [7, 11) is 1.60. The van der Waals surface area contributed by atoms with Gasteiger partial charge in [0.05, 0.1) is 17.2 Å². The van der Waals surface area contributed by atoms with Gasteiger partial charge in [0.1, 0.15) is 16.6 Å². The summed E-state index contributed by atoms with van der Waals surface area (Å²) in [6.45, 7) is 4.72. The molecule has 0 radical (unpaired) electrons. The number of hydrogen-bond acceptors (Lipinski definition) is 6. The third-order valence-corrected chi connectivity index (χ3v) is 3.57. The number of Topliss-reactive ketones (excluding diaryl/α,β-unsaturated/α-hetero) is 1. The third-order valence-electron chi connectivity index (χ3n) is 2.40. The molecular formula is C12H17N3O2S. The van der Waals surface area contributed by atoms with Gasteiger partial charge in [0.25, 0.3) is 0 Å². The molecule has 0 fully saturated rings. The summed E-state index contributed by atoms with van der Waals surface area (Å²) in [6, 6.07) is 2.03. The third kappa shape index (κ3) is 3.00. The molecule has 0 atom stereocenters. The van der Waals surface area contributed by atoms with E-state index in [2.05, 4.69) is 5.32 Å². The first-order valence-corrected chi connectivity index (χ1v) is 6.44. The van der Waals surface area contributed by atoms with Crippen LogP contribution in [0.5, 0.6) is 0 Å². The smallest absolute Gasteiger partial charge is 0.177 e. The molecule has 1 aromatic heterocycles. The van der Waals surface area contributed by atoms with Crippen molar-refractivity contribution in [2.75, 3.05) is 31.3 Å². The molecule has 1 heterocycles. The molecule has 6 heteroatoms. The first-order chi connectivity index (χ1) is 8.52. The van der Waals surface area contributed by atoms with Gasteiger partial charge >= 0.3 is 0 Å². The molecule has 5 nitrogen and oxygen atoms in total. The molecule has 0 aliphatic rings. The van der Waals surface area contributed by atoms with Crippen LogP contribution < -0.4 is 11.1 Å². The second-order valence-corrected chi connectivity index (χ2v) is 5.12. The lowest BCUT2D eigenvalue weighted by atomic mass is 10.1. The van der Waals surface area contributed by atoms with E-state index < -0.39 is 0 Å². The van der Waals surface area contributed by atoms with Gasteiger partial charge in [-0.15, -0.1) is 11.3 Å². The van der Waals surface area contributed by atoms with Gasteiger partial charge in [0.15, 0.2) is 5.78 Å². The number of rotatable bonds is 6. The second kappa shape index (κ2) is 6.38. The van der Waals surface area contributed by atoms with E-state index in [1.165, 1.54) is 11.3 Å². The number of thiophene rings is 1. The molecule has 0 amide bonds. The van der Waals surface area contributed by atoms with Gasteiger partial charge in [-0.25, -0.2) is 0 Å². The predicted octanol–water partition coefficient (Wildman–Crippen LogP) is 2.10.